The molecular weight excluding hydrogens is 517 g/mol. The van der Waals surface area contributed by atoms with E-state index in [0.29, 0.717) is 22.4 Å². The Labute approximate surface area is 227 Å². The van der Waals surface area contributed by atoms with Gasteiger partial charge in [0.25, 0.3) is 11.1 Å². The lowest BCUT2D eigenvalue weighted by Gasteiger charge is -2.14. The fourth-order valence-electron chi connectivity index (χ4n) is 4.14. The molecule has 1 saturated heterocycles. The van der Waals surface area contributed by atoms with Crippen LogP contribution >= 0.6 is 11.8 Å². The SMILES string of the molecule is N#Cc1ccccc1COc1ccc2ccccc2c1/C=C1/SC(=O)N(CC(=O)Nc2cccc(F)c2)C1=O. The summed E-state index contributed by atoms with van der Waals surface area (Å²) in [6, 6.07) is 25.8. The average Bonchev–Trinajstić information content (AvgIpc) is 3.20. The molecule has 1 heterocycles. The predicted octanol–water partition coefficient (Wildman–Crippen LogP) is 6.10. The first-order valence-electron chi connectivity index (χ1n) is 11.9. The molecule has 0 spiro atoms. The first-order valence-corrected chi connectivity index (χ1v) is 12.7. The third kappa shape index (κ3) is 5.66. The van der Waals surface area contributed by atoms with Crippen LogP contribution in [0.25, 0.3) is 16.8 Å². The largest absolute Gasteiger partial charge is 0.488 e. The Bertz CT molecular complexity index is 1700. The van der Waals surface area contributed by atoms with Gasteiger partial charge in [-0.15, -0.1) is 0 Å². The summed E-state index contributed by atoms with van der Waals surface area (Å²) in [6.07, 6.45) is 1.59. The molecule has 1 aliphatic rings. The van der Waals surface area contributed by atoms with Crippen molar-refractivity contribution >= 4 is 51.4 Å². The minimum atomic E-state index is -0.630. The zero-order valence-corrected chi connectivity index (χ0v) is 21.2. The lowest BCUT2D eigenvalue weighted by atomic mass is 10.0. The number of hydrogen-bond donors (Lipinski definition) is 1. The number of fused-ring (bicyclic) bond motifs is 1. The third-order valence-electron chi connectivity index (χ3n) is 6.01. The van der Waals surface area contributed by atoms with Gasteiger partial charge in [0.15, 0.2) is 0 Å². The lowest BCUT2D eigenvalue weighted by Crippen LogP contribution is -2.36. The van der Waals surface area contributed by atoms with Crippen LogP contribution in [0.2, 0.25) is 0 Å². The number of hydrogen-bond acceptors (Lipinski definition) is 6. The van der Waals surface area contributed by atoms with Crippen molar-refractivity contribution in [3.8, 4) is 11.8 Å². The number of carbonyl (C=O) groups is 3. The summed E-state index contributed by atoms with van der Waals surface area (Å²) >= 11 is 0.725. The summed E-state index contributed by atoms with van der Waals surface area (Å²) in [5, 5.41) is 13.0. The second-order valence-corrected chi connectivity index (χ2v) is 9.58. The molecule has 4 aromatic carbocycles. The van der Waals surface area contributed by atoms with Crippen LogP contribution in [0, 0.1) is 17.1 Å². The maximum Gasteiger partial charge on any atom is 0.294 e. The minimum absolute atomic E-state index is 0.130. The van der Waals surface area contributed by atoms with Crippen molar-refractivity contribution in [1.82, 2.24) is 4.90 Å². The molecule has 0 bridgehead atoms. The number of ether oxygens (including phenoxy) is 1. The monoisotopic (exact) mass is 537 g/mol. The molecule has 1 N–H and O–H groups in total. The van der Waals surface area contributed by atoms with Gasteiger partial charge in [-0.25, -0.2) is 4.39 Å². The van der Waals surface area contributed by atoms with Gasteiger partial charge in [-0.1, -0.05) is 54.6 Å². The number of benzene rings is 4. The summed E-state index contributed by atoms with van der Waals surface area (Å²) in [4.78, 5) is 39.3. The number of thioether (sulfide) groups is 1. The Kier molecular flexibility index (Phi) is 7.39. The van der Waals surface area contributed by atoms with E-state index in [1.165, 1.54) is 18.2 Å². The van der Waals surface area contributed by atoms with Crippen molar-refractivity contribution in [1.29, 1.82) is 5.26 Å². The maximum absolute atomic E-state index is 13.4. The Morgan fingerprint density at radius 2 is 1.82 bits per heavy atom. The fourth-order valence-corrected chi connectivity index (χ4v) is 4.96. The van der Waals surface area contributed by atoms with Gasteiger partial charge in [-0.05, 0) is 58.9 Å². The topological polar surface area (TPSA) is 99.5 Å². The molecule has 0 radical (unpaired) electrons. The van der Waals surface area contributed by atoms with Gasteiger partial charge in [0.05, 0.1) is 16.5 Å². The standard InChI is InChI=1S/C30H20FN3O4S/c31-22-9-5-10-23(14-22)33-28(35)17-34-29(36)27(39-30(34)37)15-25-24-11-4-3-6-19(24)12-13-26(25)38-18-21-8-2-1-7-20(21)16-32/h1-15H,17-18H2,(H,33,35)/b27-15+. The Morgan fingerprint density at radius 1 is 1.03 bits per heavy atom. The van der Waals surface area contributed by atoms with E-state index in [9.17, 15) is 24.0 Å². The molecule has 5 rings (SSSR count). The molecule has 0 atom stereocenters. The van der Waals surface area contributed by atoms with E-state index in [1.807, 2.05) is 36.4 Å². The van der Waals surface area contributed by atoms with E-state index in [0.717, 1.165) is 33.5 Å². The number of nitriles is 1. The van der Waals surface area contributed by atoms with Crippen LogP contribution in [0.1, 0.15) is 16.7 Å². The molecule has 1 fully saturated rings. The van der Waals surface area contributed by atoms with Crippen LogP contribution in [0.5, 0.6) is 5.75 Å². The van der Waals surface area contributed by atoms with E-state index in [4.69, 9.17) is 4.74 Å². The van der Waals surface area contributed by atoms with Crippen molar-refractivity contribution in [2.45, 2.75) is 6.61 Å². The molecular formula is C30H20FN3O4S. The van der Waals surface area contributed by atoms with Gasteiger partial charge in [-0.3, -0.25) is 19.3 Å². The lowest BCUT2D eigenvalue weighted by molar-refractivity contribution is -0.127. The molecule has 4 aromatic rings. The second kappa shape index (κ2) is 11.2. The summed E-state index contributed by atoms with van der Waals surface area (Å²) in [5.41, 5.74) is 2.02. The third-order valence-corrected chi connectivity index (χ3v) is 6.92. The normalized spacial score (nSPS) is 14.1. The van der Waals surface area contributed by atoms with Gasteiger partial charge in [0, 0.05) is 16.8 Å². The van der Waals surface area contributed by atoms with Crippen molar-refractivity contribution in [2.75, 3.05) is 11.9 Å². The number of nitrogens with one attached hydrogen (secondary N) is 1. The van der Waals surface area contributed by atoms with E-state index in [-0.39, 0.29) is 17.2 Å². The number of amides is 3. The Hall–Kier alpha value is -4.94. The minimum Gasteiger partial charge on any atom is -0.488 e. The van der Waals surface area contributed by atoms with E-state index < -0.39 is 29.4 Å². The van der Waals surface area contributed by atoms with Crippen molar-refractivity contribution < 1.29 is 23.5 Å². The molecule has 192 valence electrons. The summed E-state index contributed by atoms with van der Waals surface area (Å²) in [6.45, 7) is -0.382. The zero-order chi connectivity index (χ0) is 27.4. The van der Waals surface area contributed by atoms with Crippen molar-refractivity contribution in [3.05, 3.63) is 112 Å². The highest BCUT2D eigenvalue weighted by Gasteiger charge is 2.36. The molecule has 7 nitrogen and oxygen atoms in total. The molecule has 3 amide bonds. The molecule has 39 heavy (non-hydrogen) atoms. The number of imide groups is 1. The van der Waals surface area contributed by atoms with Crippen LogP contribution in [0.3, 0.4) is 0 Å². The highest BCUT2D eigenvalue weighted by Crippen LogP contribution is 2.37. The van der Waals surface area contributed by atoms with Crippen LogP contribution in [0.4, 0.5) is 14.9 Å². The molecule has 0 aliphatic carbocycles. The van der Waals surface area contributed by atoms with Gasteiger partial charge in [0.1, 0.15) is 24.7 Å². The van der Waals surface area contributed by atoms with Crippen LogP contribution in [0.15, 0.2) is 89.8 Å². The fraction of sp³-hybridized carbons (Fsp3) is 0.0667. The molecule has 0 saturated carbocycles. The van der Waals surface area contributed by atoms with Gasteiger partial charge in [0.2, 0.25) is 5.91 Å². The van der Waals surface area contributed by atoms with Gasteiger partial charge in [-0.2, -0.15) is 5.26 Å². The molecule has 0 unspecified atom stereocenters. The summed E-state index contributed by atoms with van der Waals surface area (Å²) in [5.74, 6) is -1.30. The summed E-state index contributed by atoms with van der Waals surface area (Å²) < 4.78 is 19.5. The Balaban J connectivity index is 1.41. The second-order valence-electron chi connectivity index (χ2n) is 8.58. The predicted molar refractivity (Wildman–Crippen MR) is 147 cm³/mol. The number of nitrogens with zero attached hydrogens (tertiary/aromatic N) is 2. The summed E-state index contributed by atoms with van der Waals surface area (Å²) in [7, 11) is 0. The first kappa shape index (κ1) is 25.7. The van der Waals surface area contributed by atoms with Crippen LogP contribution < -0.4 is 10.1 Å². The molecule has 9 heteroatoms. The van der Waals surface area contributed by atoms with E-state index >= 15 is 0 Å². The highest BCUT2D eigenvalue weighted by atomic mass is 32.2. The molecule has 0 aromatic heterocycles. The van der Waals surface area contributed by atoms with Gasteiger partial charge >= 0.3 is 0 Å². The quantitative estimate of drug-likeness (QED) is 0.286. The zero-order valence-electron chi connectivity index (χ0n) is 20.4. The van der Waals surface area contributed by atoms with Crippen molar-refractivity contribution in [2.24, 2.45) is 0 Å². The average molecular weight is 538 g/mol. The number of halogens is 1. The van der Waals surface area contributed by atoms with E-state index in [1.54, 1.807) is 30.3 Å². The van der Waals surface area contributed by atoms with E-state index in [2.05, 4.69) is 11.4 Å². The number of anilines is 1. The molecule has 1 aliphatic heterocycles. The maximum atomic E-state index is 13.4. The smallest absolute Gasteiger partial charge is 0.294 e. The van der Waals surface area contributed by atoms with Crippen LogP contribution in [-0.4, -0.2) is 28.5 Å². The number of carbonyl (C=O) groups excluding carboxylic acids is 3. The van der Waals surface area contributed by atoms with Crippen LogP contribution in [-0.2, 0) is 16.2 Å². The number of rotatable bonds is 7. The first-order chi connectivity index (χ1) is 18.9. The Morgan fingerprint density at radius 3 is 2.64 bits per heavy atom. The highest BCUT2D eigenvalue weighted by molar-refractivity contribution is 8.18. The van der Waals surface area contributed by atoms with Crippen molar-refractivity contribution in [3.63, 3.8) is 0 Å². The van der Waals surface area contributed by atoms with Gasteiger partial charge < -0.3 is 10.1 Å².